The standard InChI is InChI=1S/C13H18F2N2O/c1-9(6-11-8-18-5-4-16-11)17-10-2-3-12(14)13(15)7-10/h2-3,7,9,11,16-17H,4-6,8H2,1H3. The first kappa shape index (κ1) is 13.2. The van der Waals surface area contributed by atoms with E-state index in [9.17, 15) is 8.78 Å². The second-order valence-electron chi connectivity index (χ2n) is 4.64. The highest BCUT2D eigenvalue weighted by atomic mass is 19.2. The van der Waals surface area contributed by atoms with Crippen molar-refractivity contribution in [1.29, 1.82) is 0 Å². The van der Waals surface area contributed by atoms with Gasteiger partial charge in [-0.25, -0.2) is 8.78 Å². The minimum absolute atomic E-state index is 0.161. The molecule has 0 aliphatic carbocycles. The lowest BCUT2D eigenvalue weighted by atomic mass is 10.1. The van der Waals surface area contributed by atoms with Crippen LogP contribution < -0.4 is 10.6 Å². The first-order valence-electron chi connectivity index (χ1n) is 6.18. The van der Waals surface area contributed by atoms with Gasteiger partial charge in [-0.1, -0.05) is 0 Å². The number of nitrogens with one attached hydrogen (secondary N) is 2. The molecule has 1 aliphatic heterocycles. The van der Waals surface area contributed by atoms with Crippen molar-refractivity contribution in [2.45, 2.75) is 25.4 Å². The number of rotatable bonds is 4. The fraction of sp³-hybridized carbons (Fsp3) is 0.538. The molecule has 0 saturated carbocycles. The van der Waals surface area contributed by atoms with Crippen LogP contribution >= 0.6 is 0 Å². The number of ether oxygens (including phenoxy) is 1. The average Bonchev–Trinajstić information content (AvgIpc) is 2.35. The molecule has 2 rings (SSSR count). The third kappa shape index (κ3) is 3.65. The van der Waals surface area contributed by atoms with Crippen LogP contribution in [0.4, 0.5) is 14.5 Å². The predicted octanol–water partition coefficient (Wildman–Crippen LogP) is 2.14. The quantitative estimate of drug-likeness (QED) is 0.866. The largest absolute Gasteiger partial charge is 0.382 e. The first-order valence-corrected chi connectivity index (χ1v) is 6.18. The monoisotopic (exact) mass is 256 g/mol. The number of halogens is 2. The summed E-state index contributed by atoms with van der Waals surface area (Å²) in [4.78, 5) is 0. The minimum Gasteiger partial charge on any atom is -0.382 e. The summed E-state index contributed by atoms with van der Waals surface area (Å²) in [6.45, 7) is 4.32. The molecule has 0 aromatic heterocycles. The van der Waals surface area contributed by atoms with Crippen LogP contribution in [0.3, 0.4) is 0 Å². The van der Waals surface area contributed by atoms with Crippen molar-refractivity contribution in [3.05, 3.63) is 29.8 Å². The summed E-state index contributed by atoms with van der Waals surface area (Å²) in [6, 6.07) is 4.32. The van der Waals surface area contributed by atoms with Crippen LogP contribution in [0.1, 0.15) is 13.3 Å². The van der Waals surface area contributed by atoms with E-state index in [2.05, 4.69) is 10.6 Å². The van der Waals surface area contributed by atoms with Crippen molar-refractivity contribution in [3.63, 3.8) is 0 Å². The molecule has 1 aliphatic rings. The molecular weight excluding hydrogens is 238 g/mol. The van der Waals surface area contributed by atoms with Crippen LogP contribution in [0.2, 0.25) is 0 Å². The number of benzene rings is 1. The van der Waals surface area contributed by atoms with Gasteiger partial charge in [0.05, 0.1) is 13.2 Å². The lowest BCUT2D eigenvalue weighted by molar-refractivity contribution is 0.0731. The summed E-state index contributed by atoms with van der Waals surface area (Å²) < 4.78 is 31.2. The molecule has 0 spiro atoms. The Hall–Kier alpha value is -1.20. The Labute approximate surface area is 106 Å². The maximum Gasteiger partial charge on any atom is 0.160 e. The summed E-state index contributed by atoms with van der Waals surface area (Å²) in [5.41, 5.74) is 0.595. The van der Waals surface area contributed by atoms with Crippen molar-refractivity contribution < 1.29 is 13.5 Å². The molecule has 2 N–H and O–H groups in total. The smallest absolute Gasteiger partial charge is 0.160 e. The third-order valence-corrected chi connectivity index (χ3v) is 2.97. The molecule has 2 unspecified atom stereocenters. The molecule has 0 radical (unpaired) electrons. The van der Waals surface area contributed by atoms with E-state index in [4.69, 9.17) is 4.74 Å². The number of morpholine rings is 1. The van der Waals surface area contributed by atoms with Crippen molar-refractivity contribution in [2.24, 2.45) is 0 Å². The Morgan fingerprint density at radius 2 is 2.28 bits per heavy atom. The molecule has 1 heterocycles. The van der Waals surface area contributed by atoms with Gasteiger partial charge >= 0.3 is 0 Å². The van der Waals surface area contributed by atoms with Gasteiger partial charge in [-0.15, -0.1) is 0 Å². The zero-order chi connectivity index (χ0) is 13.0. The van der Waals surface area contributed by atoms with Crippen LogP contribution in [-0.4, -0.2) is 31.8 Å². The summed E-state index contributed by atoms with van der Waals surface area (Å²) >= 11 is 0. The lowest BCUT2D eigenvalue weighted by Crippen LogP contribution is -2.43. The van der Waals surface area contributed by atoms with Crippen molar-refractivity contribution in [1.82, 2.24) is 5.32 Å². The van der Waals surface area contributed by atoms with Crippen molar-refractivity contribution in [2.75, 3.05) is 25.1 Å². The fourth-order valence-corrected chi connectivity index (χ4v) is 2.13. The molecular formula is C13H18F2N2O. The lowest BCUT2D eigenvalue weighted by Gasteiger charge is -2.27. The Balaban J connectivity index is 1.85. The Kier molecular flexibility index (Phi) is 4.49. The second kappa shape index (κ2) is 6.11. The molecule has 2 atom stereocenters. The van der Waals surface area contributed by atoms with E-state index >= 15 is 0 Å². The molecule has 1 aromatic rings. The van der Waals surface area contributed by atoms with Crippen LogP contribution in [0.15, 0.2) is 18.2 Å². The normalized spacial score (nSPS) is 21.6. The van der Waals surface area contributed by atoms with Gasteiger partial charge in [0.1, 0.15) is 0 Å². The molecule has 100 valence electrons. The van der Waals surface area contributed by atoms with E-state index < -0.39 is 11.6 Å². The second-order valence-corrected chi connectivity index (χ2v) is 4.64. The molecule has 5 heteroatoms. The Morgan fingerprint density at radius 3 is 2.94 bits per heavy atom. The number of anilines is 1. The van der Waals surface area contributed by atoms with E-state index in [1.165, 1.54) is 6.07 Å². The van der Waals surface area contributed by atoms with Gasteiger partial charge in [0.2, 0.25) is 0 Å². The van der Waals surface area contributed by atoms with E-state index in [0.29, 0.717) is 18.3 Å². The summed E-state index contributed by atoms with van der Waals surface area (Å²) in [5, 5.41) is 6.51. The fourth-order valence-electron chi connectivity index (χ4n) is 2.13. The van der Waals surface area contributed by atoms with Gasteiger partial charge < -0.3 is 15.4 Å². The highest BCUT2D eigenvalue weighted by Gasteiger charge is 2.16. The highest BCUT2D eigenvalue weighted by molar-refractivity contribution is 5.44. The van der Waals surface area contributed by atoms with Crippen molar-refractivity contribution >= 4 is 5.69 Å². The Morgan fingerprint density at radius 1 is 1.44 bits per heavy atom. The maximum absolute atomic E-state index is 13.0. The van der Waals surface area contributed by atoms with Crippen LogP contribution in [0.25, 0.3) is 0 Å². The zero-order valence-corrected chi connectivity index (χ0v) is 10.4. The number of hydrogen-bond donors (Lipinski definition) is 2. The van der Waals surface area contributed by atoms with Crippen molar-refractivity contribution in [3.8, 4) is 0 Å². The van der Waals surface area contributed by atoms with Crippen LogP contribution in [0, 0.1) is 11.6 Å². The third-order valence-electron chi connectivity index (χ3n) is 2.97. The molecule has 0 bridgehead atoms. The summed E-state index contributed by atoms with van der Waals surface area (Å²) in [5.74, 6) is -1.65. The molecule has 1 saturated heterocycles. The Bertz CT molecular complexity index is 395. The summed E-state index contributed by atoms with van der Waals surface area (Å²) in [6.07, 6.45) is 0.874. The summed E-state index contributed by atoms with van der Waals surface area (Å²) in [7, 11) is 0. The zero-order valence-electron chi connectivity index (χ0n) is 10.4. The molecule has 18 heavy (non-hydrogen) atoms. The van der Waals surface area contributed by atoms with Gasteiger partial charge in [0.25, 0.3) is 0 Å². The maximum atomic E-state index is 13.0. The van der Waals surface area contributed by atoms with E-state index in [1.54, 1.807) is 6.07 Å². The van der Waals surface area contributed by atoms with E-state index in [1.807, 2.05) is 6.92 Å². The number of hydrogen-bond acceptors (Lipinski definition) is 3. The minimum atomic E-state index is -0.827. The van der Waals surface area contributed by atoms with Gasteiger partial charge in [0, 0.05) is 30.4 Å². The van der Waals surface area contributed by atoms with Gasteiger partial charge in [-0.3, -0.25) is 0 Å². The molecule has 3 nitrogen and oxygen atoms in total. The van der Waals surface area contributed by atoms with Gasteiger partial charge in [-0.05, 0) is 25.5 Å². The van der Waals surface area contributed by atoms with E-state index in [0.717, 1.165) is 25.6 Å². The SMILES string of the molecule is CC(CC1COCCN1)Nc1ccc(F)c(F)c1. The molecule has 1 fully saturated rings. The van der Waals surface area contributed by atoms with E-state index in [-0.39, 0.29) is 6.04 Å². The molecule has 1 aromatic carbocycles. The van der Waals surface area contributed by atoms with Gasteiger partial charge in [0.15, 0.2) is 11.6 Å². The van der Waals surface area contributed by atoms with Crippen LogP contribution in [0.5, 0.6) is 0 Å². The van der Waals surface area contributed by atoms with Gasteiger partial charge in [-0.2, -0.15) is 0 Å². The van der Waals surface area contributed by atoms with Crippen LogP contribution in [-0.2, 0) is 4.74 Å². The topological polar surface area (TPSA) is 33.3 Å². The average molecular weight is 256 g/mol. The predicted molar refractivity (Wildman–Crippen MR) is 66.7 cm³/mol. The first-order chi connectivity index (χ1) is 8.65. The highest BCUT2D eigenvalue weighted by Crippen LogP contribution is 2.15. The molecule has 0 amide bonds.